The average molecular weight is 290 g/mol. The number of carboxylic acids is 1. The van der Waals surface area contributed by atoms with Gasteiger partial charge in [-0.15, -0.1) is 0 Å². The minimum atomic E-state index is -1.04. The largest absolute Gasteiger partial charge is 0.479 e. The summed E-state index contributed by atoms with van der Waals surface area (Å²) in [6.07, 6.45) is 3.23. The van der Waals surface area contributed by atoms with E-state index in [4.69, 9.17) is 0 Å². The van der Waals surface area contributed by atoms with E-state index in [2.05, 4.69) is 12.2 Å². The lowest BCUT2D eigenvalue weighted by Crippen LogP contribution is -2.42. The highest BCUT2D eigenvalue weighted by atomic mass is 16.4. The van der Waals surface area contributed by atoms with Gasteiger partial charge in [-0.3, -0.25) is 0 Å². The molecule has 0 aliphatic carbocycles. The Kier molecular flexibility index (Phi) is 5.20. The van der Waals surface area contributed by atoms with Crippen molar-refractivity contribution in [2.45, 2.75) is 32.2 Å². The van der Waals surface area contributed by atoms with Gasteiger partial charge in [0.05, 0.1) is 0 Å². The van der Waals surface area contributed by atoms with E-state index in [1.807, 2.05) is 6.07 Å². The van der Waals surface area contributed by atoms with Crippen LogP contribution in [0.3, 0.4) is 0 Å². The van der Waals surface area contributed by atoms with Gasteiger partial charge in [-0.05, 0) is 24.3 Å². The van der Waals surface area contributed by atoms with Crippen LogP contribution >= 0.6 is 0 Å². The summed E-state index contributed by atoms with van der Waals surface area (Å²) in [6.45, 7) is 3.57. The number of carboxylic acid groups (broad SMARTS) is 1. The highest BCUT2D eigenvalue weighted by molar-refractivity contribution is 5.83. The summed E-state index contributed by atoms with van der Waals surface area (Å²) in [5.41, 5.74) is 0.586. The monoisotopic (exact) mass is 290 g/mol. The predicted molar refractivity (Wildman–Crippen MR) is 79.9 cm³/mol. The molecule has 0 spiro atoms. The number of carbonyl (C=O) groups is 2. The molecular formula is C16H22N2O3. The molecule has 1 aliphatic rings. The molecule has 0 bridgehead atoms. The molecule has 0 aromatic heterocycles. The molecule has 1 heterocycles. The van der Waals surface area contributed by atoms with Crippen molar-refractivity contribution in [2.75, 3.05) is 13.1 Å². The summed E-state index contributed by atoms with van der Waals surface area (Å²) in [5, 5.41) is 11.9. The Labute approximate surface area is 125 Å². The zero-order chi connectivity index (χ0) is 15.2. The summed E-state index contributed by atoms with van der Waals surface area (Å²) in [4.78, 5) is 25.3. The van der Waals surface area contributed by atoms with Crippen LogP contribution in [0, 0.1) is 5.92 Å². The SMILES string of the molecule is CCCC1CCN(C(=O)NC(C(=O)O)c2ccccc2)C1. The minimum Gasteiger partial charge on any atom is -0.479 e. The van der Waals surface area contributed by atoms with Crippen molar-refractivity contribution in [3.63, 3.8) is 0 Å². The molecule has 1 saturated heterocycles. The number of amides is 2. The zero-order valence-electron chi connectivity index (χ0n) is 12.3. The molecule has 1 aliphatic heterocycles. The summed E-state index contributed by atoms with van der Waals surface area (Å²) >= 11 is 0. The summed E-state index contributed by atoms with van der Waals surface area (Å²) in [5.74, 6) is -0.500. The molecule has 0 saturated carbocycles. The van der Waals surface area contributed by atoms with Gasteiger partial charge in [-0.25, -0.2) is 9.59 Å². The second-order valence-electron chi connectivity index (χ2n) is 5.52. The highest BCUT2D eigenvalue weighted by Crippen LogP contribution is 2.21. The van der Waals surface area contributed by atoms with E-state index >= 15 is 0 Å². The maximum absolute atomic E-state index is 12.2. The van der Waals surface area contributed by atoms with Crippen LogP contribution in [0.4, 0.5) is 4.79 Å². The predicted octanol–water partition coefficient (Wildman–Crippen LogP) is 2.64. The smallest absolute Gasteiger partial charge is 0.330 e. The molecule has 21 heavy (non-hydrogen) atoms. The van der Waals surface area contributed by atoms with Gasteiger partial charge in [0.2, 0.25) is 0 Å². The van der Waals surface area contributed by atoms with Crippen LogP contribution in [0.25, 0.3) is 0 Å². The van der Waals surface area contributed by atoms with Crippen molar-refractivity contribution in [3.8, 4) is 0 Å². The van der Waals surface area contributed by atoms with Crippen LogP contribution in [0.1, 0.15) is 37.8 Å². The van der Waals surface area contributed by atoms with E-state index < -0.39 is 12.0 Å². The lowest BCUT2D eigenvalue weighted by molar-refractivity contribution is -0.139. The first-order valence-electron chi connectivity index (χ1n) is 7.45. The molecule has 5 heteroatoms. The first-order valence-corrected chi connectivity index (χ1v) is 7.45. The Morgan fingerprint density at radius 2 is 2.10 bits per heavy atom. The van der Waals surface area contributed by atoms with Crippen LogP contribution < -0.4 is 5.32 Å². The van der Waals surface area contributed by atoms with Crippen molar-refractivity contribution in [2.24, 2.45) is 5.92 Å². The zero-order valence-corrected chi connectivity index (χ0v) is 12.3. The van der Waals surface area contributed by atoms with Gasteiger partial charge in [-0.2, -0.15) is 0 Å². The molecule has 2 N–H and O–H groups in total. The first kappa shape index (κ1) is 15.4. The molecule has 114 valence electrons. The molecule has 1 fully saturated rings. The van der Waals surface area contributed by atoms with E-state index in [0.29, 0.717) is 18.0 Å². The van der Waals surface area contributed by atoms with Gasteiger partial charge in [0.25, 0.3) is 0 Å². The lowest BCUT2D eigenvalue weighted by atomic mass is 10.0. The van der Waals surface area contributed by atoms with Gasteiger partial charge in [0.1, 0.15) is 0 Å². The Morgan fingerprint density at radius 3 is 2.71 bits per heavy atom. The quantitative estimate of drug-likeness (QED) is 0.876. The van der Waals surface area contributed by atoms with Crippen LogP contribution in [-0.4, -0.2) is 35.1 Å². The number of urea groups is 1. The fourth-order valence-corrected chi connectivity index (χ4v) is 2.81. The molecule has 2 amide bonds. The maximum Gasteiger partial charge on any atom is 0.330 e. The van der Waals surface area contributed by atoms with Crippen LogP contribution in [0.15, 0.2) is 30.3 Å². The third kappa shape index (κ3) is 3.97. The maximum atomic E-state index is 12.2. The number of benzene rings is 1. The Morgan fingerprint density at radius 1 is 1.38 bits per heavy atom. The Hall–Kier alpha value is -2.04. The number of nitrogens with zero attached hydrogens (tertiary/aromatic N) is 1. The van der Waals surface area contributed by atoms with E-state index in [1.165, 1.54) is 0 Å². The van der Waals surface area contributed by atoms with Crippen LogP contribution in [-0.2, 0) is 4.79 Å². The van der Waals surface area contributed by atoms with E-state index in [9.17, 15) is 14.7 Å². The molecule has 1 aromatic carbocycles. The molecule has 5 nitrogen and oxygen atoms in total. The van der Waals surface area contributed by atoms with E-state index in [0.717, 1.165) is 25.8 Å². The van der Waals surface area contributed by atoms with Crippen LogP contribution in [0.5, 0.6) is 0 Å². The number of likely N-dealkylation sites (tertiary alicyclic amines) is 1. The number of hydrogen-bond acceptors (Lipinski definition) is 2. The van der Waals surface area contributed by atoms with Gasteiger partial charge in [0, 0.05) is 13.1 Å². The Bertz CT molecular complexity index is 490. The molecular weight excluding hydrogens is 268 g/mol. The summed E-state index contributed by atoms with van der Waals surface area (Å²) in [7, 11) is 0. The third-order valence-electron chi connectivity index (χ3n) is 3.92. The fourth-order valence-electron chi connectivity index (χ4n) is 2.81. The minimum absolute atomic E-state index is 0.287. The van der Waals surface area contributed by atoms with Crippen molar-refractivity contribution < 1.29 is 14.7 Å². The third-order valence-corrected chi connectivity index (χ3v) is 3.92. The molecule has 2 unspecified atom stereocenters. The molecule has 2 rings (SSSR count). The van der Waals surface area contributed by atoms with Crippen molar-refractivity contribution in [1.82, 2.24) is 10.2 Å². The average Bonchev–Trinajstić information content (AvgIpc) is 2.94. The normalized spacial score (nSPS) is 19.3. The number of hydrogen-bond donors (Lipinski definition) is 2. The number of nitrogens with one attached hydrogen (secondary N) is 1. The van der Waals surface area contributed by atoms with E-state index in [-0.39, 0.29) is 6.03 Å². The number of rotatable bonds is 5. The molecule has 2 atom stereocenters. The van der Waals surface area contributed by atoms with Crippen molar-refractivity contribution in [1.29, 1.82) is 0 Å². The number of aliphatic carboxylic acids is 1. The summed E-state index contributed by atoms with van der Waals surface area (Å²) < 4.78 is 0. The highest BCUT2D eigenvalue weighted by Gasteiger charge is 2.29. The second kappa shape index (κ2) is 7.11. The van der Waals surface area contributed by atoms with E-state index in [1.54, 1.807) is 29.2 Å². The van der Waals surface area contributed by atoms with Gasteiger partial charge < -0.3 is 15.3 Å². The van der Waals surface area contributed by atoms with Crippen molar-refractivity contribution >= 4 is 12.0 Å². The van der Waals surface area contributed by atoms with Gasteiger partial charge in [-0.1, -0.05) is 43.7 Å². The summed E-state index contributed by atoms with van der Waals surface area (Å²) in [6, 6.07) is 7.50. The molecule has 0 radical (unpaired) electrons. The number of carbonyl (C=O) groups excluding carboxylic acids is 1. The van der Waals surface area contributed by atoms with Crippen molar-refractivity contribution in [3.05, 3.63) is 35.9 Å². The Balaban J connectivity index is 1.98. The van der Waals surface area contributed by atoms with Gasteiger partial charge >= 0.3 is 12.0 Å². The standard InChI is InChI=1S/C16H22N2O3/c1-2-6-12-9-10-18(11-12)16(21)17-14(15(19)20)13-7-4-3-5-8-13/h3-5,7-8,12,14H,2,6,9-11H2,1H3,(H,17,21)(H,19,20). The van der Waals surface area contributed by atoms with Crippen LogP contribution in [0.2, 0.25) is 0 Å². The fraction of sp³-hybridized carbons (Fsp3) is 0.500. The van der Waals surface area contributed by atoms with Gasteiger partial charge in [0.15, 0.2) is 6.04 Å². The molecule has 1 aromatic rings. The topological polar surface area (TPSA) is 69.6 Å². The first-order chi connectivity index (χ1) is 10.1. The lowest BCUT2D eigenvalue weighted by Gasteiger charge is -2.21. The second-order valence-corrected chi connectivity index (χ2v) is 5.52.